The van der Waals surface area contributed by atoms with Crippen LogP contribution in [0, 0.1) is 0 Å². The Kier molecular flexibility index (Phi) is 5.84. The van der Waals surface area contributed by atoms with Gasteiger partial charge in [-0.1, -0.05) is 0 Å². The van der Waals surface area contributed by atoms with Crippen molar-refractivity contribution in [2.75, 3.05) is 40.3 Å². The van der Waals surface area contributed by atoms with Crippen molar-refractivity contribution in [3.8, 4) is 5.75 Å². The maximum Gasteiger partial charge on any atom is 0.251 e. The summed E-state index contributed by atoms with van der Waals surface area (Å²) in [6.07, 6.45) is 0. The second kappa shape index (κ2) is 7.50. The van der Waals surface area contributed by atoms with E-state index in [9.17, 15) is 13.2 Å². The van der Waals surface area contributed by atoms with Crippen molar-refractivity contribution in [3.05, 3.63) is 23.8 Å². The van der Waals surface area contributed by atoms with Gasteiger partial charge in [-0.3, -0.25) is 4.79 Å². The molecule has 1 fully saturated rings. The number of methoxy groups -OCH3 is 1. The number of amides is 1. The van der Waals surface area contributed by atoms with Crippen molar-refractivity contribution < 1.29 is 17.9 Å². The molecule has 1 aromatic rings. The lowest BCUT2D eigenvalue weighted by molar-refractivity contribution is 0.0943. The summed E-state index contributed by atoms with van der Waals surface area (Å²) in [5.74, 6) is -0.0579. The van der Waals surface area contributed by atoms with Crippen LogP contribution in [0.15, 0.2) is 23.1 Å². The van der Waals surface area contributed by atoms with Crippen LogP contribution < -0.4 is 10.1 Å². The molecule has 7 nitrogen and oxygen atoms in total. The Morgan fingerprint density at radius 3 is 2.38 bits per heavy atom. The van der Waals surface area contributed by atoms with Crippen LogP contribution in [-0.4, -0.2) is 69.9 Å². The van der Waals surface area contributed by atoms with E-state index in [-0.39, 0.29) is 22.6 Å². The zero-order valence-electron chi connectivity index (χ0n) is 14.6. The highest BCUT2D eigenvalue weighted by atomic mass is 32.2. The molecule has 1 aliphatic heterocycles. The van der Waals surface area contributed by atoms with Gasteiger partial charge < -0.3 is 15.0 Å². The van der Waals surface area contributed by atoms with Gasteiger partial charge in [0.15, 0.2) is 0 Å². The van der Waals surface area contributed by atoms with E-state index >= 15 is 0 Å². The van der Waals surface area contributed by atoms with Crippen molar-refractivity contribution in [3.63, 3.8) is 0 Å². The highest BCUT2D eigenvalue weighted by Gasteiger charge is 2.30. The van der Waals surface area contributed by atoms with Crippen LogP contribution in [0.1, 0.15) is 24.2 Å². The Balaban J connectivity index is 2.38. The number of carbonyl (C=O) groups is 1. The fraction of sp³-hybridized carbons (Fsp3) is 0.562. The van der Waals surface area contributed by atoms with Crippen LogP contribution >= 0.6 is 0 Å². The predicted octanol–water partition coefficient (Wildman–Crippen LogP) is 0.770. The first-order valence-corrected chi connectivity index (χ1v) is 9.37. The number of nitrogens with zero attached hydrogens (tertiary/aromatic N) is 2. The molecule has 1 heterocycles. The minimum absolute atomic E-state index is 0.0303. The van der Waals surface area contributed by atoms with Gasteiger partial charge in [-0.2, -0.15) is 4.31 Å². The number of hydrogen-bond donors (Lipinski definition) is 1. The number of piperazine rings is 1. The first-order valence-electron chi connectivity index (χ1n) is 7.93. The van der Waals surface area contributed by atoms with Gasteiger partial charge >= 0.3 is 0 Å². The van der Waals surface area contributed by atoms with Crippen molar-refractivity contribution >= 4 is 15.9 Å². The van der Waals surface area contributed by atoms with Crippen LogP contribution in [0.5, 0.6) is 5.75 Å². The van der Waals surface area contributed by atoms with Gasteiger partial charge in [0.2, 0.25) is 10.0 Å². The number of sulfonamides is 1. The van der Waals surface area contributed by atoms with Crippen LogP contribution in [0.25, 0.3) is 0 Å². The summed E-state index contributed by atoms with van der Waals surface area (Å²) in [5, 5.41) is 2.77. The van der Waals surface area contributed by atoms with Crippen molar-refractivity contribution in [2.24, 2.45) is 0 Å². The number of benzene rings is 1. The maximum absolute atomic E-state index is 13.0. The molecule has 0 unspecified atom stereocenters. The summed E-state index contributed by atoms with van der Waals surface area (Å²) in [5.41, 5.74) is 0.303. The number of hydrogen-bond acceptors (Lipinski definition) is 5. The molecule has 1 aromatic carbocycles. The molecule has 0 atom stereocenters. The highest BCUT2D eigenvalue weighted by molar-refractivity contribution is 7.89. The topological polar surface area (TPSA) is 78.9 Å². The number of likely N-dealkylation sites (N-methyl/N-ethyl adjacent to an activating group) is 1. The number of nitrogens with one attached hydrogen (secondary N) is 1. The molecule has 8 heteroatoms. The third kappa shape index (κ3) is 4.06. The van der Waals surface area contributed by atoms with Crippen molar-refractivity contribution in [2.45, 2.75) is 24.8 Å². The molecule has 0 bridgehead atoms. The zero-order chi connectivity index (χ0) is 17.9. The lowest BCUT2D eigenvalue weighted by Gasteiger charge is -2.31. The van der Waals surface area contributed by atoms with E-state index in [0.29, 0.717) is 31.7 Å². The number of rotatable bonds is 5. The summed E-state index contributed by atoms with van der Waals surface area (Å²) in [6, 6.07) is 4.46. The first-order chi connectivity index (χ1) is 11.3. The third-order valence-corrected chi connectivity index (χ3v) is 5.85. The van der Waals surface area contributed by atoms with E-state index in [0.717, 1.165) is 0 Å². The summed E-state index contributed by atoms with van der Waals surface area (Å²) in [4.78, 5) is 14.3. The smallest absolute Gasteiger partial charge is 0.251 e. The molecule has 0 aromatic heterocycles. The highest BCUT2D eigenvalue weighted by Crippen LogP contribution is 2.28. The monoisotopic (exact) mass is 355 g/mol. The minimum Gasteiger partial charge on any atom is -0.495 e. The average Bonchev–Trinajstić information content (AvgIpc) is 2.54. The Morgan fingerprint density at radius 1 is 1.21 bits per heavy atom. The van der Waals surface area contributed by atoms with E-state index in [1.165, 1.54) is 23.5 Å². The molecular weight excluding hydrogens is 330 g/mol. The molecule has 1 N–H and O–H groups in total. The lowest BCUT2D eigenvalue weighted by atomic mass is 10.2. The SMILES string of the molecule is COc1ccc(C(=O)NC(C)C)cc1S(=O)(=O)N1CCN(C)CC1. The van der Waals surface area contributed by atoms with Crippen molar-refractivity contribution in [1.82, 2.24) is 14.5 Å². The molecule has 0 radical (unpaired) electrons. The molecular formula is C16H25N3O4S. The molecule has 1 amide bonds. The summed E-state index contributed by atoms with van der Waals surface area (Å²) < 4.78 is 32.6. The van der Waals surface area contributed by atoms with Gasteiger partial charge in [0, 0.05) is 37.8 Å². The largest absolute Gasteiger partial charge is 0.495 e. The van der Waals surface area contributed by atoms with Gasteiger partial charge in [0.25, 0.3) is 5.91 Å². The Hall–Kier alpha value is -1.64. The molecule has 0 spiro atoms. The minimum atomic E-state index is -3.71. The Morgan fingerprint density at radius 2 is 1.83 bits per heavy atom. The molecule has 24 heavy (non-hydrogen) atoms. The van der Waals surface area contributed by atoms with Crippen molar-refractivity contribution in [1.29, 1.82) is 0 Å². The van der Waals surface area contributed by atoms with E-state index in [2.05, 4.69) is 10.2 Å². The van der Waals surface area contributed by atoms with Gasteiger partial charge in [0.05, 0.1) is 7.11 Å². The Labute approximate surface area is 143 Å². The molecule has 134 valence electrons. The Bertz CT molecular complexity index is 695. The first kappa shape index (κ1) is 18.7. The predicted molar refractivity (Wildman–Crippen MR) is 91.9 cm³/mol. The number of carbonyl (C=O) groups excluding carboxylic acids is 1. The molecule has 1 saturated heterocycles. The normalized spacial score (nSPS) is 17.0. The van der Waals surface area contributed by atoms with E-state index in [4.69, 9.17) is 4.74 Å². The maximum atomic E-state index is 13.0. The second-order valence-corrected chi connectivity index (χ2v) is 8.11. The van der Waals surface area contributed by atoms with Crippen LogP contribution in [0.4, 0.5) is 0 Å². The fourth-order valence-corrected chi connectivity index (χ4v) is 4.14. The van der Waals surface area contributed by atoms with Gasteiger partial charge in [-0.05, 0) is 39.1 Å². The van der Waals surface area contributed by atoms with E-state index in [1.807, 2.05) is 20.9 Å². The third-order valence-electron chi connectivity index (χ3n) is 3.93. The summed E-state index contributed by atoms with van der Waals surface area (Å²) in [6.45, 7) is 5.89. The zero-order valence-corrected chi connectivity index (χ0v) is 15.4. The van der Waals surface area contributed by atoms with E-state index in [1.54, 1.807) is 6.07 Å². The van der Waals surface area contributed by atoms with E-state index < -0.39 is 10.0 Å². The summed E-state index contributed by atoms with van der Waals surface area (Å²) >= 11 is 0. The average molecular weight is 355 g/mol. The fourth-order valence-electron chi connectivity index (χ4n) is 2.53. The van der Waals surface area contributed by atoms with Gasteiger partial charge in [-0.25, -0.2) is 8.42 Å². The van der Waals surface area contributed by atoms with Gasteiger partial charge in [-0.15, -0.1) is 0 Å². The van der Waals surface area contributed by atoms with Crippen LogP contribution in [-0.2, 0) is 10.0 Å². The van der Waals surface area contributed by atoms with Crippen LogP contribution in [0.2, 0.25) is 0 Å². The number of ether oxygens (including phenoxy) is 1. The molecule has 1 aliphatic rings. The molecule has 2 rings (SSSR count). The quantitative estimate of drug-likeness (QED) is 0.844. The standard InChI is InChI=1S/C16H25N3O4S/c1-12(2)17-16(20)13-5-6-14(23-4)15(11-13)24(21,22)19-9-7-18(3)8-10-19/h5-6,11-12H,7-10H2,1-4H3,(H,17,20). The molecule has 0 aliphatic carbocycles. The van der Waals surface area contributed by atoms with Crippen LogP contribution in [0.3, 0.4) is 0 Å². The lowest BCUT2D eigenvalue weighted by Crippen LogP contribution is -2.47. The molecule has 0 saturated carbocycles. The second-order valence-electron chi connectivity index (χ2n) is 6.20. The van der Waals surface area contributed by atoms with Gasteiger partial charge in [0.1, 0.15) is 10.6 Å². The summed E-state index contributed by atoms with van der Waals surface area (Å²) in [7, 11) is -0.328.